The van der Waals surface area contributed by atoms with Crippen molar-refractivity contribution in [1.82, 2.24) is 19.7 Å². The van der Waals surface area contributed by atoms with E-state index in [2.05, 4.69) is 10.1 Å². The van der Waals surface area contributed by atoms with Gasteiger partial charge in [-0.1, -0.05) is 6.07 Å². The van der Waals surface area contributed by atoms with Crippen LogP contribution in [0.25, 0.3) is 10.9 Å². The third-order valence-electron chi connectivity index (χ3n) is 5.17. The maximum Gasteiger partial charge on any atom is 0.339 e. The highest BCUT2D eigenvalue weighted by Crippen LogP contribution is 2.26. The number of benzene rings is 1. The molecule has 3 aromatic rings. The van der Waals surface area contributed by atoms with Crippen molar-refractivity contribution in [2.75, 3.05) is 13.1 Å². The van der Waals surface area contributed by atoms with Gasteiger partial charge in [-0.05, 0) is 43.4 Å². The van der Waals surface area contributed by atoms with Crippen molar-refractivity contribution >= 4 is 22.8 Å². The number of carboxylic acids is 1. The monoisotopic (exact) mass is 352 g/mol. The van der Waals surface area contributed by atoms with Crippen LogP contribution in [0.4, 0.5) is 0 Å². The number of aromatic carboxylic acids is 1. The highest BCUT2D eigenvalue weighted by molar-refractivity contribution is 5.98. The van der Waals surface area contributed by atoms with Crippen molar-refractivity contribution in [1.29, 1.82) is 0 Å². The number of hydrogen-bond acceptors (Lipinski definition) is 3. The maximum absolute atomic E-state index is 12.8. The smallest absolute Gasteiger partial charge is 0.339 e. The zero-order chi connectivity index (χ0) is 18.3. The van der Waals surface area contributed by atoms with Crippen molar-refractivity contribution in [3.8, 4) is 0 Å². The second-order valence-corrected chi connectivity index (χ2v) is 6.70. The predicted molar refractivity (Wildman–Crippen MR) is 96.4 cm³/mol. The molecule has 2 aromatic heterocycles. The zero-order valence-corrected chi connectivity index (χ0v) is 14.5. The highest BCUT2D eigenvalue weighted by Gasteiger charge is 2.27. The Morgan fingerprint density at radius 1 is 1.23 bits per heavy atom. The minimum atomic E-state index is -0.957. The molecule has 4 rings (SSSR count). The minimum Gasteiger partial charge on any atom is -0.478 e. The van der Waals surface area contributed by atoms with Gasteiger partial charge in [-0.25, -0.2) is 4.79 Å². The Morgan fingerprint density at radius 2 is 2.00 bits per heavy atom. The first-order valence-electron chi connectivity index (χ1n) is 8.68. The van der Waals surface area contributed by atoms with Gasteiger partial charge in [0.05, 0.1) is 17.9 Å². The summed E-state index contributed by atoms with van der Waals surface area (Å²) >= 11 is 0. The summed E-state index contributed by atoms with van der Waals surface area (Å²) in [4.78, 5) is 29.0. The van der Waals surface area contributed by atoms with Gasteiger partial charge in [0.25, 0.3) is 5.91 Å². The molecule has 1 aromatic carbocycles. The Kier molecular flexibility index (Phi) is 3.99. The number of carbonyl (C=O) groups excluding carboxylic acids is 1. The molecule has 1 aliphatic rings. The minimum absolute atomic E-state index is 0.0309. The Hall–Kier alpha value is -3.09. The molecule has 0 saturated carbocycles. The van der Waals surface area contributed by atoms with Gasteiger partial charge in [0.2, 0.25) is 0 Å². The fourth-order valence-corrected chi connectivity index (χ4v) is 3.68. The third kappa shape index (κ3) is 2.75. The summed E-state index contributed by atoms with van der Waals surface area (Å²) < 4.78 is 1.79. The second kappa shape index (κ2) is 6.33. The molecule has 7 nitrogen and oxygen atoms in total. The van der Waals surface area contributed by atoms with Crippen molar-refractivity contribution in [3.05, 3.63) is 53.5 Å². The van der Waals surface area contributed by atoms with Gasteiger partial charge in [-0.3, -0.25) is 9.48 Å². The van der Waals surface area contributed by atoms with Crippen molar-refractivity contribution in [3.63, 3.8) is 0 Å². The lowest BCUT2D eigenvalue weighted by Crippen LogP contribution is -2.39. The van der Waals surface area contributed by atoms with Gasteiger partial charge in [-0.15, -0.1) is 0 Å². The van der Waals surface area contributed by atoms with E-state index in [1.54, 1.807) is 11.6 Å². The van der Waals surface area contributed by atoms with E-state index in [-0.39, 0.29) is 17.5 Å². The molecule has 7 heteroatoms. The number of likely N-dealkylation sites (tertiary alicyclic amines) is 1. The number of H-pyrrole nitrogens is 1. The number of nitrogens with zero attached hydrogens (tertiary/aromatic N) is 3. The Labute approximate surface area is 150 Å². The first-order chi connectivity index (χ1) is 12.5. The maximum atomic E-state index is 12.8. The van der Waals surface area contributed by atoms with Crippen molar-refractivity contribution in [2.45, 2.75) is 25.8 Å². The number of carboxylic acid groups (broad SMARTS) is 1. The molecule has 2 N–H and O–H groups in total. The number of fused-ring (bicyclic) bond motifs is 1. The van der Waals surface area contributed by atoms with Crippen molar-refractivity contribution in [2.24, 2.45) is 0 Å². The molecule has 0 radical (unpaired) electrons. The fourth-order valence-electron chi connectivity index (χ4n) is 3.68. The molecule has 1 fully saturated rings. The lowest BCUT2D eigenvalue weighted by Gasteiger charge is -2.32. The average Bonchev–Trinajstić information content (AvgIpc) is 3.27. The Balaban J connectivity index is 1.46. The summed E-state index contributed by atoms with van der Waals surface area (Å²) in [6.45, 7) is 3.04. The van der Waals surface area contributed by atoms with E-state index in [9.17, 15) is 9.59 Å². The molecule has 1 amide bonds. The van der Waals surface area contributed by atoms with Gasteiger partial charge in [0.15, 0.2) is 0 Å². The summed E-state index contributed by atoms with van der Waals surface area (Å²) in [5.74, 6) is -0.926. The zero-order valence-electron chi connectivity index (χ0n) is 14.5. The van der Waals surface area contributed by atoms with E-state index in [0.717, 1.165) is 23.7 Å². The molecule has 26 heavy (non-hydrogen) atoms. The Bertz CT molecular complexity index is 980. The van der Waals surface area contributed by atoms with E-state index >= 15 is 0 Å². The molecule has 0 bridgehead atoms. The van der Waals surface area contributed by atoms with Crippen LogP contribution in [0.1, 0.15) is 45.3 Å². The molecule has 134 valence electrons. The first kappa shape index (κ1) is 16.4. The SMILES string of the molecule is Cc1c(C(=O)O)cnn1C1CCN(C(=O)c2ccc3cc[nH]c3c2)CC1. The lowest BCUT2D eigenvalue weighted by atomic mass is 10.0. The van der Waals surface area contributed by atoms with E-state index in [0.29, 0.717) is 24.3 Å². The molecule has 1 aliphatic heterocycles. The molecule has 0 aliphatic carbocycles. The van der Waals surface area contributed by atoms with Crippen LogP contribution in [0, 0.1) is 6.92 Å². The molecule has 1 saturated heterocycles. The number of amides is 1. The Morgan fingerprint density at radius 3 is 2.69 bits per heavy atom. The number of rotatable bonds is 3. The van der Waals surface area contributed by atoms with Crippen LogP contribution in [-0.4, -0.2) is 49.7 Å². The van der Waals surface area contributed by atoms with Crippen LogP contribution in [0.2, 0.25) is 0 Å². The number of piperidine rings is 1. The fraction of sp³-hybridized carbons (Fsp3) is 0.316. The van der Waals surface area contributed by atoms with Gasteiger partial charge in [-0.2, -0.15) is 5.10 Å². The predicted octanol–water partition coefficient (Wildman–Crippen LogP) is 2.85. The number of hydrogen-bond donors (Lipinski definition) is 2. The molecular formula is C19H20N4O3. The third-order valence-corrected chi connectivity index (χ3v) is 5.17. The molecule has 3 heterocycles. The summed E-state index contributed by atoms with van der Waals surface area (Å²) in [5.41, 5.74) is 2.54. The van der Waals surface area contributed by atoms with E-state index in [1.165, 1.54) is 6.20 Å². The summed E-state index contributed by atoms with van der Waals surface area (Å²) in [7, 11) is 0. The summed E-state index contributed by atoms with van der Waals surface area (Å²) in [5, 5.41) is 14.5. The average molecular weight is 352 g/mol. The van der Waals surface area contributed by atoms with Gasteiger partial charge < -0.3 is 15.0 Å². The number of aromatic nitrogens is 3. The van der Waals surface area contributed by atoms with E-state index in [1.807, 2.05) is 35.4 Å². The number of aromatic amines is 1. The van der Waals surface area contributed by atoms with Crippen LogP contribution in [0.5, 0.6) is 0 Å². The quantitative estimate of drug-likeness (QED) is 0.758. The molecular weight excluding hydrogens is 332 g/mol. The largest absolute Gasteiger partial charge is 0.478 e. The van der Waals surface area contributed by atoms with Crippen LogP contribution < -0.4 is 0 Å². The van der Waals surface area contributed by atoms with Crippen LogP contribution in [0.3, 0.4) is 0 Å². The number of nitrogens with one attached hydrogen (secondary N) is 1. The lowest BCUT2D eigenvalue weighted by molar-refractivity contribution is 0.0688. The summed E-state index contributed by atoms with van der Waals surface area (Å²) in [6.07, 6.45) is 4.79. The summed E-state index contributed by atoms with van der Waals surface area (Å²) in [6, 6.07) is 7.80. The van der Waals surface area contributed by atoms with Crippen LogP contribution in [-0.2, 0) is 0 Å². The van der Waals surface area contributed by atoms with Gasteiger partial charge >= 0.3 is 5.97 Å². The molecule has 0 spiro atoms. The van der Waals surface area contributed by atoms with Gasteiger partial charge in [0.1, 0.15) is 5.56 Å². The normalized spacial score (nSPS) is 15.5. The standard InChI is InChI=1S/C19H20N4O3/c1-12-16(19(25)26)11-21-23(12)15-5-8-22(9-6-15)18(24)14-3-2-13-4-7-20-17(13)10-14/h2-4,7,10-11,15,20H,5-6,8-9H2,1H3,(H,25,26). The van der Waals surface area contributed by atoms with Crippen LogP contribution in [0.15, 0.2) is 36.7 Å². The number of carbonyl (C=O) groups is 2. The second-order valence-electron chi connectivity index (χ2n) is 6.70. The first-order valence-corrected chi connectivity index (χ1v) is 8.68. The van der Waals surface area contributed by atoms with Gasteiger partial charge in [0, 0.05) is 30.4 Å². The topological polar surface area (TPSA) is 91.2 Å². The van der Waals surface area contributed by atoms with Crippen LogP contribution >= 0.6 is 0 Å². The van der Waals surface area contributed by atoms with E-state index < -0.39 is 5.97 Å². The molecule has 0 atom stereocenters. The van der Waals surface area contributed by atoms with E-state index in [4.69, 9.17) is 5.11 Å². The highest BCUT2D eigenvalue weighted by atomic mass is 16.4. The van der Waals surface area contributed by atoms with Crippen molar-refractivity contribution < 1.29 is 14.7 Å². The molecule has 0 unspecified atom stereocenters.